The van der Waals surface area contributed by atoms with Gasteiger partial charge in [0.05, 0.1) is 23.0 Å². The number of Topliss-reactive ketones (excluding diaryl/α,β-unsaturated/α-hetero) is 1. The van der Waals surface area contributed by atoms with Gasteiger partial charge in [-0.1, -0.05) is 17.7 Å². The fourth-order valence-electron chi connectivity index (χ4n) is 1.64. The summed E-state index contributed by atoms with van der Waals surface area (Å²) in [5.74, 6) is -1.97. The highest BCUT2D eigenvalue weighted by molar-refractivity contribution is 7.90. The molecule has 0 saturated carbocycles. The van der Waals surface area contributed by atoms with Crippen LogP contribution in [0.25, 0.3) is 0 Å². The maximum atomic E-state index is 12.4. The number of ketones is 1. The third-order valence-corrected chi connectivity index (χ3v) is 3.80. The summed E-state index contributed by atoms with van der Waals surface area (Å²) in [6, 6.07) is 6.60. The normalized spacial score (nSPS) is 12.4. The number of halogens is 1. The number of hydrogen-bond acceptors (Lipinski definition) is 7. The van der Waals surface area contributed by atoms with Crippen molar-refractivity contribution in [2.45, 2.75) is 11.1 Å². The third-order valence-electron chi connectivity index (χ3n) is 2.66. The van der Waals surface area contributed by atoms with Crippen molar-refractivity contribution in [2.24, 2.45) is 0 Å². The number of hydrogen-bond donors (Lipinski definition) is 0. The Kier molecular flexibility index (Phi) is 4.49. The van der Waals surface area contributed by atoms with Crippen LogP contribution in [0.2, 0.25) is 5.02 Å². The fraction of sp³-hybridized carbons (Fsp3) is 0.154. The molecule has 9 heteroatoms. The highest BCUT2D eigenvalue weighted by atomic mass is 35.5. The molecule has 0 fully saturated rings. The second-order valence-corrected chi connectivity index (χ2v) is 6.62. The minimum atomic E-state index is -3.70. The average molecular weight is 337 g/mol. The minimum Gasteiger partial charge on any atom is -0.290 e. The molecule has 0 aliphatic carbocycles. The SMILES string of the molecule is CS(=O)(=O)c1ncc(Cl)c(C(=O)C(C#N)c2ccccn2)n1. The Morgan fingerprint density at radius 1 is 1.36 bits per heavy atom. The van der Waals surface area contributed by atoms with Gasteiger partial charge in [0.1, 0.15) is 5.69 Å². The molecule has 0 saturated heterocycles. The lowest BCUT2D eigenvalue weighted by molar-refractivity contribution is 0.0972. The standard InChI is InChI=1S/C13H9ClN4O3S/c1-22(20,21)13-17-7-9(14)11(18-13)12(19)8(6-15)10-4-2-3-5-16-10/h2-5,7-8H,1H3. The maximum Gasteiger partial charge on any atom is 0.247 e. The van der Waals surface area contributed by atoms with Crippen molar-refractivity contribution >= 4 is 27.2 Å². The van der Waals surface area contributed by atoms with E-state index < -0.39 is 26.7 Å². The number of carbonyl (C=O) groups excluding carboxylic acids is 1. The summed E-state index contributed by atoms with van der Waals surface area (Å²) in [7, 11) is -3.70. The highest BCUT2D eigenvalue weighted by Gasteiger charge is 2.27. The van der Waals surface area contributed by atoms with Gasteiger partial charge in [-0.3, -0.25) is 9.78 Å². The number of sulfone groups is 1. The van der Waals surface area contributed by atoms with Gasteiger partial charge in [0.15, 0.2) is 5.92 Å². The topological polar surface area (TPSA) is 114 Å². The van der Waals surface area contributed by atoms with Gasteiger partial charge in [0.2, 0.25) is 20.8 Å². The summed E-state index contributed by atoms with van der Waals surface area (Å²) in [6.07, 6.45) is 3.37. The minimum absolute atomic E-state index is 0.131. The molecular formula is C13H9ClN4O3S. The summed E-state index contributed by atoms with van der Waals surface area (Å²) in [5, 5.41) is 8.56. The van der Waals surface area contributed by atoms with E-state index in [1.54, 1.807) is 12.1 Å². The Morgan fingerprint density at radius 2 is 2.09 bits per heavy atom. The zero-order valence-electron chi connectivity index (χ0n) is 11.3. The maximum absolute atomic E-state index is 12.4. The van der Waals surface area contributed by atoms with Gasteiger partial charge in [0.25, 0.3) is 0 Å². The van der Waals surface area contributed by atoms with E-state index in [9.17, 15) is 18.5 Å². The molecular weight excluding hydrogens is 328 g/mol. The zero-order valence-corrected chi connectivity index (χ0v) is 12.8. The number of nitrogens with zero attached hydrogens (tertiary/aromatic N) is 4. The summed E-state index contributed by atoms with van der Waals surface area (Å²) >= 11 is 5.86. The van der Waals surface area contributed by atoms with E-state index in [1.165, 1.54) is 12.3 Å². The lowest BCUT2D eigenvalue weighted by Gasteiger charge is -2.08. The molecule has 0 aliphatic rings. The lowest BCUT2D eigenvalue weighted by Crippen LogP contribution is -2.17. The van der Waals surface area contributed by atoms with E-state index in [1.807, 2.05) is 6.07 Å². The van der Waals surface area contributed by atoms with Gasteiger partial charge in [-0.25, -0.2) is 18.4 Å². The zero-order chi connectivity index (χ0) is 16.3. The van der Waals surface area contributed by atoms with Crippen LogP contribution in [0, 0.1) is 11.3 Å². The molecule has 0 aliphatic heterocycles. The van der Waals surface area contributed by atoms with Crippen molar-refractivity contribution in [3.8, 4) is 6.07 Å². The van der Waals surface area contributed by atoms with Crippen molar-refractivity contribution in [1.82, 2.24) is 15.0 Å². The van der Waals surface area contributed by atoms with Crippen LogP contribution in [0.15, 0.2) is 35.7 Å². The number of rotatable bonds is 4. The van der Waals surface area contributed by atoms with Gasteiger partial charge in [0, 0.05) is 12.5 Å². The Hall–Kier alpha value is -2.37. The average Bonchev–Trinajstić information content (AvgIpc) is 2.48. The Labute approximate surface area is 131 Å². The first-order chi connectivity index (χ1) is 10.3. The molecule has 0 bridgehead atoms. The van der Waals surface area contributed by atoms with Gasteiger partial charge >= 0.3 is 0 Å². The molecule has 2 aromatic rings. The van der Waals surface area contributed by atoms with Crippen LogP contribution in [0.1, 0.15) is 22.1 Å². The van der Waals surface area contributed by atoms with Crippen LogP contribution in [0.4, 0.5) is 0 Å². The number of pyridine rings is 1. The molecule has 1 unspecified atom stereocenters. The van der Waals surface area contributed by atoms with Crippen molar-refractivity contribution in [3.05, 3.63) is 47.0 Å². The quantitative estimate of drug-likeness (QED) is 0.612. The molecule has 2 heterocycles. The fourth-order valence-corrected chi connectivity index (χ4v) is 2.33. The van der Waals surface area contributed by atoms with Gasteiger partial charge in [-0.2, -0.15) is 5.26 Å². The Bertz CT molecular complexity index is 863. The van der Waals surface area contributed by atoms with Crippen molar-refractivity contribution < 1.29 is 13.2 Å². The molecule has 1 atom stereocenters. The van der Waals surface area contributed by atoms with Crippen molar-refractivity contribution in [2.75, 3.05) is 6.26 Å². The molecule has 7 nitrogen and oxygen atoms in total. The number of carbonyl (C=O) groups is 1. The molecule has 112 valence electrons. The van der Waals surface area contributed by atoms with Crippen LogP contribution in [-0.4, -0.2) is 35.4 Å². The van der Waals surface area contributed by atoms with Crippen LogP contribution < -0.4 is 0 Å². The lowest BCUT2D eigenvalue weighted by atomic mass is 9.99. The van der Waals surface area contributed by atoms with E-state index in [0.29, 0.717) is 0 Å². The molecule has 0 amide bonds. The third kappa shape index (κ3) is 3.27. The van der Waals surface area contributed by atoms with Crippen molar-refractivity contribution in [3.63, 3.8) is 0 Å². The summed E-state index contributed by atoms with van der Waals surface area (Å²) in [5.41, 5.74) is -0.0973. The smallest absolute Gasteiger partial charge is 0.247 e. The van der Waals surface area contributed by atoms with Gasteiger partial charge < -0.3 is 0 Å². The second kappa shape index (κ2) is 6.17. The first-order valence-electron chi connectivity index (χ1n) is 5.92. The number of nitriles is 1. The van der Waals surface area contributed by atoms with Crippen LogP contribution in [0.3, 0.4) is 0 Å². The van der Waals surface area contributed by atoms with Gasteiger partial charge in [-0.05, 0) is 12.1 Å². The first kappa shape index (κ1) is 16.0. The van der Waals surface area contributed by atoms with E-state index in [-0.39, 0.29) is 16.4 Å². The van der Waals surface area contributed by atoms with E-state index in [2.05, 4.69) is 15.0 Å². The molecule has 0 aromatic carbocycles. The van der Waals surface area contributed by atoms with Crippen LogP contribution >= 0.6 is 11.6 Å². The van der Waals surface area contributed by atoms with E-state index in [4.69, 9.17) is 11.6 Å². The molecule has 0 N–H and O–H groups in total. The largest absolute Gasteiger partial charge is 0.290 e. The summed E-state index contributed by atoms with van der Waals surface area (Å²) in [4.78, 5) is 23.6. The number of aromatic nitrogens is 3. The van der Waals surface area contributed by atoms with E-state index in [0.717, 1.165) is 12.5 Å². The predicted molar refractivity (Wildman–Crippen MR) is 77.1 cm³/mol. The molecule has 2 aromatic heterocycles. The highest BCUT2D eigenvalue weighted by Crippen LogP contribution is 2.22. The summed E-state index contributed by atoms with van der Waals surface area (Å²) in [6.45, 7) is 0. The Morgan fingerprint density at radius 3 is 2.64 bits per heavy atom. The van der Waals surface area contributed by atoms with E-state index >= 15 is 0 Å². The second-order valence-electron chi connectivity index (χ2n) is 4.30. The van der Waals surface area contributed by atoms with Gasteiger partial charge in [-0.15, -0.1) is 0 Å². The summed E-state index contributed by atoms with van der Waals surface area (Å²) < 4.78 is 22.9. The Balaban J connectivity index is 2.51. The molecule has 22 heavy (non-hydrogen) atoms. The monoisotopic (exact) mass is 336 g/mol. The molecule has 0 radical (unpaired) electrons. The predicted octanol–water partition coefficient (Wildman–Crippen LogP) is 1.42. The van der Waals surface area contributed by atoms with Crippen LogP contribution in [-0.2, 0) is 9.84 Å². The molecule has 0 spiro atoms. The van der Waals surface area contributed by atoms with Crippen molar-refractivity contribution in [1.29, 1.82) is 5.26 Å². The first-order valence-corrected chi connectivity index (χ1v) is 8.19. The molecule has 2 rings (SSSR count). The van der Waals surface area contributed by atoms with Crippen LogP contribution in [0.5, 0.6) is 0 Å².